The molecule has 1 aromatic carbocycles. The Morgan fingerprint density at radius 1 is 1.47 bits per heavy atom. The lowest BCUT2D eigenvalue weighted by atomic mass is 10.1. The highest BCUT2D eigenvalue weighted by Gasteiger charge is 2.34. The van der Waals surface area contributed by atoms with Crippen LogP contribution in [0.5, 0.6) is 0 Å². The molecule has 4 nitrogen and oxygen atoms in total. The van der Waals surface area contributed by atoms with Crippen LogP contribution in [0.4, 0.5) is 4.79 Å². The molecule has 0 bridgehead atoms. The predicted octanol–water partition coefficient (Wildman–Crippen LogP) is 4.06. The number of rotatable bonds is 1. The number of amides is 1. The van der Waals surface area contributed by atoms with Crippen LogP contribution in [0, 0.1) is 0 Å². The highest BCUT2D eigenvalue weighted by molar-refractivity contribution is 9.10. The van der Waals surface area contributed by atoms with Crippen LogP contribution in [0.2, 0.25) is 0 Å². The lowest BCUT2D eigenvalue weighted by molar-refractivity contribution is -0.125. The maximum Gasteiger partial charge on any atom is 0.435 e. The van der Waals surface area contributed by atoms with E-state index in [9.17, 15) is 4.79 Å². The molecule has 5 heteroatoms. The molecule has 0 saturated carbocycles. The van der Waals surface area contributed by atoms with Gasteiger partial charge in [-0.3, -0.25) is 4.84 Å². The number of hydrogen-bond donors (Lipinski definition) is 0. The lowest BCUT2D eigenvalue weighted by Crippen LogP contribution is -2.35. The topological polar surface area (TPSA) is 38.8 Å². The quantitative estimate of drug-likeness (QED) is 0.780. The van der Waals surface area contributed by atoms with Gasteiger partial charge >= 0.3 is 6.09 Å². The van der Waals surface area contributed by atoms with E-state index in [1.165, 1.54) is 5.06 Å². The summed E-state index contributed by atoms with van der Waals surface area (Å²) < 4.78 is 6.34. The SMILES string of the molecule is CC(C)(C)OC(=O)N1OCCC1c1cccc(Br)c1. The van der Waals surface area contributed by atoms with Crippen molar-refractivity contribution in [2.45, 2.75) is 38.8 Å². The Bertz CT molecular complexity index is 470. The van der Waals surface area contributed by atoms with Crippen LogP contribution < -0.4 is 0 Å². The average Bonchev–Trinajstić information content (AvgIpc) is 2.75. The maximum absolute atomic E-state index is 12.1. The first-order chi connectivity index (χ1) is 8.87. The fourth-order valence-electron chi connectivity index (χ4n) is 1.97. The highest BCUT2D eigenvalue weighted by atomic mass is 79.9. The summed E-state index contributed by atoms with van der Waals surface area (Å²) in [5, 5.41) is 1.34. The summed E-state index contributed by atoms with van der Waals surface area (Å²) in [6.07, 6.45) is 0.338. The summed E-state index contributed by atoms with van der Waals surface area (Å²) in [6.45, 7) is 6.05. The van der Waals surface area contributed by atoms with Gasteiger partial charge in [0.25, 0.3) is 0 Å². The van der Waals surface area contributed by atoms with Crippen LogP contribution in [0.3, 0.4) is 0 Å². The zero-order chi connectivity index (χ0) is 14.0. The van der Waals surface area contributed by atoms with Crippen LogP contribution in [-0.4, -0.2) is 23.4 Å². The monoisotopic (exact) mass is 327 g/mol. The van der Waals surface area contributed by atoms with Crippen LogP contribution in [-0.2, 0) is 9.57 Å². The Kier molecular flexibility index (Phi) is 4.16. The van der Waals surface area contributed by atoms with Crippen LogP contribution in [0.15, 0.2) is 28.7 Å². The van der Waals surface area contributed by atoms with Gasteiger partial charge in [0.15, 0.2) is 0 Å². The van der Waals surface area contributed by atoms with Crippen molar-refractivity contribution in [1.29, 1.82) is 0 Å². The van der Waals surface area contributed by atoms with Crippen molar-refractivity contribution in [3.63, 3.8) is 0 Å². The molecule has 1 aliphatic heterocycles. The molecule has 0 aliphatic carbocycles. The summed E-state index contributed by atoms with van der Waals surface area (Å²) in [5.41, 5.74) is 0.517. The molecular formula is C14H18BrNO3. The molecule has 1 heterocycles. The molecule has 1 aromatic rings. The van der Waals surface area contributed by atoms with Gasteiger partial charge in [0.05, 0.1) is 12.6 Å². The number of carbonyl (C=O) groups excluding carboxylic acids is 1. The van der Waals surface area contributed by atoms with E-state index in [0.717, 1.165) is 16.5 Å². The molecule has 1 atom stereocenters. The van der Waals surface area contributed by atoms with Gasteiger partial charge in [-0.1, -0.05) is 28.1 Å². The maximum atomic E-state index is 12.1. The number of hydrogen-bond acceptors (Lipinski definition) is 3. The average molecular weight is 328 g/mol. The first-order valence-corrected chi connectivity index (χ1v) is 7.07. The van der Waals surface area contributed by atoms with Gasteiger partial charge in [-0.15, -0.1) is 0 Å². The van der Waals surface area contributed by atoms with E-state index in [-0.39, 0.29) is 6.04 Å². The minimum Gasteiger partial charge on any atom is -0.442 e. The van der Waals surface area contributed by atoms with Crippen molar-refractivity contribution in [3.8, 4) is 0 Å². The largest absolute Gasteiger partial charge is 0.442 e. The first-order valence-electron chi connectivity index (χ1n) is 6.27. The first kappa shape index (κ1) is 14.3. The second-order valence-electron chi connectivity index (χ2n) is 5.50. The highest BCUT2D eigenvalue weighted by Crippen LogP contribution is 2.32. The third-order valence-electron chi connectivity index (χ3n) is 2.71. The summed E-state index contributed by atoms with van der Waals surface area (Å²) in [5.74, 6) is 0. The standard InChI is InChI=1S/C14H18BrNO3/c1-14(2,3)19-13(17)16-12(7-8-18-16)10-5-4-6-11(15)9-10/h4-6,9,12H,7-8H2,1-3H3. The molecule has 2 rings (SSSR count). The number of nitrogens with zero attached hydrogens (tertiary/aromatic N) is 1. The Labute approximate surface area is 121 Å². The van der Waals surface area contributed by atoms with Crippen molar-refractivity contribution in [2.75, 3.05) is 6.61 Å². The van der Waals surface area contributed by atoms with E-state index in [2.05, 4.69) is 15.9 Å². The van der Waals surface area contributed by atoms with Crippen LogP contribution in [0.25, 0.3) is 0 Å². The molecule has 0 aromatic heterocycles. The summed E-state index contributed by atoms with van der Waals surface area (Å²) in [4.78, 5) is 17.5. The van der Waals surface area contributed by atoms with Crippen LogP contribution >= 0.6 is 15.9 Å². The van der Waals surface area contributed by atoms with Gasteiger partial charge in [-0.25, -0.2) is 4.79 Å². The second kappa shape index (κ2) is 5.51. The molecule has 19 heavy (non-hydrogen) atoms. The Hall–Kier alpha value is -1.07. The third kappa shape index (κ3) is 3.70. The second-order valence-corrected chi connectivity index (χ2v) is 6.41. The number of ether oxygens (including phenoxy) is 1. The van der Waals surface area contributed by atoms with Crippen molar-refractivity contribution in [1.82, 2.24) is 5.06 Å². The Morgan fingerprint density at radius 3 is 2.84 bits per heavy atom. The van der Waals surface area contributed by atoms with Crippen molar-refractivity contribution < 1.29 is 14.4 Å². The molecule has 0 N–H and O–H groups in total. The van der Waals surface area contributed by atoms with Gasteiger partial charge in [0.1, 0.15) is 5.60 Å². The van der Waals surface area contributed by atoms with Crippen LogP contribution in [0.1, 0.15) is 38.8 Å². The Morgan fingerprint density at radius 2 is 2.21 bits per heavy atom. The van der Waals surface area contributed by atoms with E-state index >= 15 is 0 Å². The summed E-state index contributed by atoms with van der Waals surface area (Å²) >= 11 is 3.44. The summed E-state index contributed by atoms with van der Waals surface area (Å²) in [6, 6.07) is 7.80. The molecule has 1 fully saturated rings. The number of carbonyl (C=O) groups is 1. The van der Waals surface area contributed by atoms with Gasteiger partial charge in [0, 0.05) is 10.9 Å². The molecule has 104 valence electrons. The fourth-order valence-corrected chi connectivity index (χ4v) is 2.39. The van der Waals surface area contributed by atoms with Crippen molar-refractivity contribution in [2.24, 2.45) is 0 Å². The summed E-state index contributed by atoms with van der Waals surface area (Å²) in [7, 11) is 0. The van der Waals surface area contributed by atoms with Crippen molar-refractivity contribution >= 4 is 22.0 Å². The normalized spacial score (nSPS) is 19.6. The van der Waals surface area contributed by atoms with E-state index < -0.39 is 11.7 Å². The smallest absolute Gasteiger partial charge is 0.435 e. The molecule has 1 saturated heterocycles. The Balaban J connectivity index is 2.15. The minimum atomic E-state index is -0.523. The van der Waals surface area contributed by atoms with Crippen molar-refractivity contribution in [3.05, 3.63) is 34.3 Å². The fraction of sp³-hybridized carbons (Fsp3) is 0.500. The number of halogens is 1. The molecule has 1 amide bonds. The van der Waals surface area contributed by atoms with E-state index in [1.54, 1.807) is 0 Å². The van der Waals surface area contributed by atoms with Gasteiger partial charge < -0.3 is 4.74 Å². The van der Waals surface area contributed by atoms with Gasteiger partial charge in [-0.05, 0) is 38.5 Å². The molecule has 0 spiro atoms. The molecule has 1 unspecified atom stereocenters. The molecular weight excluding hydrogens is 310 g/mol. The number of hydroxylamine groups is 2. The lowest BCUT2D eigenvalue weighted by Gasteiger charge is -2.27. The van der Waals surface area contributed by atoms with E-state index in [0.29, 0.717) is 6.61 Å². The predicted molar refractivity (Wildman–Crippen MR) is 75.5 cm³/mol. The van der Waals surface area contributed by atoms with E-state index in [1.807, 2.05) is 45.0 Å². The van der Waals surface area contributed by atoms with Gasteiger partial charge in [0.2, 0.25) is 0 Å². The van der Waals surface area contributed by atoms with E-state index in [4.69, 9.17) is 9.57 Å². The zero-order valence-corrected chi connectivity index (χ0v) is 12.9. The minimum absolute atomic E-state index is 0.0904. The third-order valence-corrected chi connectivity index (χ3v) is 3.20. The number of benzene rings is 1. The zero-order valence-electron chi connectivity index (χ0n) is 11.4. The van der Waals surface area contributed by atoms with Gasteiger partial charge in [-0.2, -0.15) is 5.06 Å². The molecule has 0 radical (unpaired) electrons. The molecule has 1 aliphatic rings.